The van der Waals surface area contributed by atoms with E-state index < -0.39 is 18.2 Å². The Morgan fingerprint density at radius 3 is 1.91 bits per heavy atom. The minimum absolute atomic E-state index is 0.00943. The van der Waals surface area contributed by atoms with Crippen molar-refractivity contribution in [1.29, 1.82) is 0 Å². The molecular formula is C23H40O10. The zero-order valence-electron chi connectivity index (χ0n) is 20.8. The van der Waals surface area contributed by atoms with Crippen molar-refractivity contribution >= 4 is 23.9 Å². The third-order valence-electron chi connectivity index (χ3n) is 4.03. The van der Waals surface area contributed by atoms with Gasteiger partial charge in [-0.1, -0.05) is 41.0 Å². The van der Waals surface area contributed by atoms with E-state index in [-0.39, 0.29) is 55.9 Å². The fourth-order valence-electron chi connectivity index (χ4n) is 1.92. The molecule has 2 unspecified atom stereocenters. The van der Waals surface area contributed by atoms with Crippen LogP contribution >= 0.6 is 0 Å². The lowest BCUT2D eigenvalue weighted by atomic mass is 10.2. The summed E-state index contributed by atoms with van der Waals surface area (Å²) in [6.07, 6.45) is 1.29. The van der Waals surface area contributed by atoms with E-state index in [2.05, 4.69) is 0 Å². The first-order valence-corrected chi connectivity index (χ1v) is 11.5. The molecule has 0 bridgehead atoms. The Morgan fingerprint density at radius 1 is 0.818 bits per heavy atom. The molecule has 1 aliphatic rings. The molecule has 0 spiro atoms. The van der Waals surface area contributed by atoms with Gasteiger partial charge in [0.2, 0.25) is 0 Å². The van der Waals surface area contributed by atoms with Crippen LogP contribution in [0.2, 0.25) is 0 Å². The van der Waals surface area contributed by atoms with Crippen LogP contribution in [-0.2, 0) is 47.6 Å². The second-order valence-corrected chi connectivity index (χ2v) is 8.06. The highest BCUT2D eigenvalue weighted by atomic mass is 16.7. The van der Waals surface area contributed by atoms with Crippen molar-refractivity contribution in [2.45, 2.75) is 79.6 Å². The maximum atomic E-state index is 11.5. The first-order valence-electron chi connectivity index (χ1n) is 11.5. The van der Waals surface area contributed by atoms with Gasteiger partial charge >= 0.3 is 23.9 Å². The van der Waals surface area contributed by atoms with Crippen molar-refractivity contribution < 1.29 is 47.6 Å². The van der Waals surface area contributed by atoms with Crippen molar-refractivity contribution in [1.82, 2.24) is 0 Å². The predicted octanol–water partition coefficient (Wildman–Crippen LogP) is 2.80. The van der Waals surface area contributed by atoms with E-state index >= 15 is 0 Å². The van der Waals surface area contributed by atoms with Crippen LogP contribution < -0.4 is 0 Å². The predicted molar refractivity (Wildman–Crippen MR) is 118 cm³/mol. The van der Waals surface area contributed by atoms with Crippen molar-refractivity contribution in [3.8, 4) is 0 Å². The third kappa shape index (κ3) is 19.0. The fraction of sp³-hybridized carbons (Fsp3) is 0.826. The minimum Gasteiger partial charge on any atom is -0.463 e. The summed E-state index contributed by atoms with van der Waals surface area (Å²) in [6, 6.07) is 0. The number of carbonyl (C=O) groups is 4. The molecule has 0 radical (unpaired) electrons. The number of hydrogen-bond donors (Lipinski definition) is 0. The van der Waals surface area contributed by atoms with Crippen LogP contribution in [0.4, 0.5) is 0 Å². The van der Waals surface area contributed by atoms with Crippen LogP contribution in [0.5, 0.6) is 0 Å². The van der Waals surface area contributed by atoms with E-state index in [4.69, 9.17) is 28.4 Å². The number of hydrogen-bond acceptors (Lipinski definition) is 10. The minimum atomic E-state index is -0.625. The second kappa shape index (κ2) is 18.3. The Hall–Kier alpha value is -2.20. The average Bonchev–Trinajstić information content (AvgIpc) is 3.58. The van der Waals surface area contributed by atoms with Gasteiger partial charge in [-0.15, -0.1) is 0 Å². The quantitative estimate of drug-likeness (QED) is 0.114. The third-order valence-corrected chi connectivity index (χ3v) is 4.03. The monoisotopic (exact) mass is 476 g/mol. The molecule has 0 aromatic rings. The van der Waals surface area contributed by atoms with Gasteiger partial charge in [0.25, 0.3) is 0 Å². The van der Waals surface area contributed by atoms with E-state index in [0.29, 0.717) is 13.2 Å². The van der Waals surface area contributed by atoms with Gasteiger partial charge in [0, 0.05) is 0 Å². The summed E-state index contributed by atoms with van der Waals surface area (Å²) in [5.74, 6) is -1.79. The van der Waals surface area contributed by atoms with E-state index in [0.717, 1.165) is 19.4 Å². The summed E-state index contributed by atoms with van der Waals surface area (Å²) in [5, 5.41) is 0. The molecule has 10 nitrogen and oxygen atoms in total. The highest BCUT2D eigenvalue weighted by Crippen LogP contribution is 2.09. The van der Waals surface area contributed by atoms with E-state index in [1.807, 2.05) is 20.8 Å². The Morgan fingerprint density at radius 2 is 1.36 bits per heavy atom. The zero-order valence-corrected chi connectivity index (χ0v) is 20.8. The summed E-state index contributed by atoms with van der Waals surface area (Å²) in [5.41, 5.74) is 0. The highest BCUT2D eigenvalue weighted by molar-refractivity contribution is 5.77. The number of unbranched alkanes of at least 4 members (excludes halogenated alkanes) is 1. The molecule has 1 heterocycles. The molecule has 1 saturated heterocycles. The summed E-state index contributed by atoms with van der Waals surface area (Å²) in [4.78, 5) is 44.9. The lowest BCUT2D eigenvalue weighted by Crippen LogP contribution is -2.20. The first-order chi connectivity index (χ1) is 15.6. The molecule has 0 N–H and O–H groups in total. The maximum absolute atomic E-state index is 11.5. The molecule has 0 amide bonds. The zero-order chi connectivity index (χ0) is 25.2. The SMILES string of the molecule is CC(C)C(=O)OCC1CO1.CCCCOC(C)OC(=O)CCC(=O)OCCOC(=O)C(C)C. The molecular weight excluding hydrogens is 436 g/mol. The first kappa shape index (κ1) is 30.8. The molecule has 0 aliphatic carbocycles. The molecule has 192 valence electrons. The number of rotatable bonds is 15. The molecule has 0 aromatic heterocycles. The van der Waals surface area contributed by atoms with Crippen LogP contribution in [0.1, 0.15) is 67.2 Å². The molecule has 2 atom stereocenters. The summed E-state index contributed by atoms with van der Waals surface area (Å²) in [6.45, 7) is 12.4. The Balaban J connectivity index is 0.000000843. The van der Waals surface area contributed by atoms with Crippen molar-refractivity contribution in [3.05, 3.63) is 0 Å². The number of epoxide rings is 1. The van der Waals surface area contributed by atoms with Crippen molar-refractivity contribution in [2.75, 3.05) is 33.0 Å². The average molecular weight is 477 g/mol. The molecule has 10 heteroatoms. The van der Waals surface area contributed by atoms with Gasteiger partial charge < -0.3 is 28.4 Å². The fourth-order valence-corrected chi connectivity index (χ4v) is 1.92. The van der Waals surface area contributed by atoms with Gasteiger partial charge in [0.05, 0.1) is 37.9 Å². The lowest BCUT2D eigenvalue weighted by Gasteiger charge is -2.13. The van der Waals surface area contributed by atoms with E-state index in [9.17, 15) is 19.2 Å². The summed E-state index contributed by atoms with van der Waals surface area (Å²) >= 11 is 0. The Labute approximate surface area is 196 Å². The van der Waals surface area contributed by atoms with Crippen molar-refractivity contribution in [3.63, 3.8) is 0 Å². The van der Waals surface area contributed by atoms with Crippen LogP contribution in [-0.4, -0.2) is 69.3 Å². The molecule has 33 heavy (non-hydrogen) atoms. The lowest BCUT2D eigenvalue weighted by molar-refractivity contribution is -0.176. The molecule has 1 aliphatic heterocycles. The molecule has 1 rings (SSSR count). The highest BCUT2D eigenvalue weighted by Gasteiger charge is 2.24. The van der Waals surface area contributed by atoms with Gasteiger partial charge in [0.15, 0.2) is 6.29 Å². The van der Waals surface area contributed by atoms with Crippen LogP contribution in [0, 0.1) is 11.8 Å². The van der Waals surface area contributed by atoms with E-state index in [1.54, 1.807) is 20.8 Å². The van der Waals surface area contributed by atoms with Crippen LogP contribution in [0.15, 0.2) is 0 Å². The van der Waals surface area contributed by atoms with Gasteiger partial charge in [0.1, 0.15) is 25.9 Å². The van der Waals surface area contributed by atoms with E-state index in [1.165, 1.54) is 0 Å². The number of ether oxygens (including phenoxy) is 6. The maximum Gasteiger partial charge on any atom is 0.308 e. The van der Waals surface area contributed by atoms with Gasteiger partial charge in [-0.25, -0.2) is 0 Å². The number of carbonyl (C=O) groups excluding carboxylic acids is 4. The molecule has 0 aromatic carbocycles. The molecule has 1 fully saturated rings. The largest absolute Gasteiger partial charge is 0.463 e. The Bertz CT molecular complexity index is 584. The van der Waals surface area contributed by atoms with Crippen LogP contribution in [0.25, 0.3) is 0 Å². The van der Waals surface area contributed by atoms with Crippen molar-refractivity contribution in [2.24, 2.45) is 11.8 Å². The van der Waals surface area contributed by atoms with Gasteiger partial charge in [-0.2, -0.15) is 0 Å². The molecule has 0 saturated carbocycles. The van der Waals surface area contributed by atoms with Gasteiger partial charge in [-0.05, 0) is 13.3 Å². The summed E-state index contributed by atoms with van der Waals surface area (Å²) in [7, 11) is 0. The Kier molecular flexibility index (Phi) is 17.0. The normalized spacial score (nSPS) is 15.2. The number of esters is 4. The second-order valence-electron chi connectivity index (χ2n) is 8.06. The smallest absolute Gasteiger partial charge is 0.308 e. The van der Waals surface area contributed by atoms with Gasteiger partial charge in [-0.3, -0.25) is 19.2 Å². The standard InChI is InChI=1S/C16H28O7.C7H12O3/c1-5-6-9-20-13(4)23-15(18)8-7-14(17)21-10-11-22-16(19)12(2)3;1-5(2)7(8)10-4-6-3-9-6/h12-13H,5-11H2,1-4H3;5-6H,3-4H2,1-2H3. The summed E-state index contributed by atoms with van der Waals surface area (Å²) < 4.78 is 29.7. The van der Waals surface area contributed by atoms with Crippen LogP contribution in [0.3, 0.4) is 0 Å². The topological polar surface area (TPSA) is 127 Å².